The molecule has 2 N–H and O–H groups in total. The van der Waals surface area contributed by atoms with Gasteiger partial charge in [0.25, 0.3) is 0 Å². The number of guanidine groups is 1. The van der Waals surface area contributed by atoms with Crippen LogP contribution < -0.4 is 20.1 Å². The van der Waals surface area contributed by atoms with Crippen molar-refractivity contribution in [2.24, 2.45) is 4.99 Å². The summed E-state index contributed by atoms with van der Waals surface area (Å²) in [4.78, 5) is 8.91. The van der Waals surface area contributed by atoms with Gasteiger partial charge < -0.3 is 24.7 Å². The monoisotopic (exact) mass is 447 g/mol. The minimum absolute atomic E-state index is 0.209. The molecule has 0 spiro atoms. The lowest BCUT2D eigenvalue weighted by atomic mass is 10.1. The third-order valence-corrected chi connectivity index (χ3v) is 5.50. The molecule has 0 bridgehead atoms. The Bertz CT molecular complexity index is 1080. The normalized spacial score (nSPS) is 15.1. The van der Waals surface area contributed by atoms with E-state index in [0.29, 0.717) is 19.7 Å². The SMILES string of the molecule is CCNC(=NCc1cccc(Cn2ccnc2)c1)NCc1cc2c(cc1OCC)CC(C)O2. The number of nitrogens with one attached hydrogen (secondary N) is 2. The Morgan fingerprint density at radius 1 is 1.21 bits per heavy atom. The van der Waals surface area contributed by atoms with Gasteiger partial charge in [-0.1, -0.05) is 24.3 Å². The van der Waals surface area contributed by atoms with E-state index in [2.05, 4.69) is 70.4 Å². The van der Waals surface area contributed by atoms with E-state index in [9.17, 15) is 0 Å². The number of ether oxygens (including phenoxy) is 2. The molecule has 4 rings (SSSR count). The minimum atomic E-state index is 0.209. The van der Waals surface area contributed by atoms with Crippen LogP contribution in [-0.4, -0.2) is 34.8 Å². The molecule has 2 heterocycles. The lowest BCUT2D eigenvalue weighted by Gasteiger charge is -2.15. The number of fused-ring (bicyclic) bond motifs is 1. The highest BCUT2D eigenvalue weighted by atomic mass is 16.5. The zero-order chi connectivity index (χ0) is 23.0. The van der Waals surface area contributed by atoms with Crippen molar-refractivity contribution in [3.8, 4) is 11.5 Å². The van der Waals surface area contributed by atoms with Gasteiger partial charge in [0.1, 0.15) is 17.6 Å². The smallest absolute Gasteiger partial charge is 0.191 e. The molecule has 0 fully saturated rings. The van der Waals surface area contributed by atoms with Crippen molar-refractivity contribution < 1.29 is 9.47 Å². The Morgan fingerprint density at radius 3 is 2.88 bits per heavy atom. The average Bonchev–Trinajstić information content (AvgIpc) is 3.44. The Balaban J connectivity index is 1.43. The standard InChI is InChI=1S/C26H33N5O2/c1-4-28-26(29-15-20-7-6-8-21(12-20)17-31-10-9-27-18-31)30-16-23-14-25-22(11-19(3)33-25)13-24(23)32-5-2/h6-10,12-14,18-19H,4-5,11,15-17H2,1-3H3,(H2,28,29,30). The van der Waals surface area contributed by atoms with Crippen LogP contribution >= 0.6 is 0 Å². The third-order valence-electron chi connectivity index (χ3n) is 5.50. The molecule has 1 aromatic heterocycles. The molecule has 0 saturated carbocycles. The first-order valence-corrected chi connectivity index (χ1v) is 11.7. The number of rotatable bonds is 9. The van der Waals surface area contributed by atoms with Crippen LogP contribution in [0.5, 0.6) is 11.5 Å². The second-order valence-corrected chi connectivity index (χ2v) is 8.24. The van der Waals surface area contributed by atoms with Gasteiger partial charge in [-0.15, -0.1) is 0 Å². The van der Waals surface area contributed by atoms with Gasteiger partial charge in [0, 0.05) is 49.6 Å². The van der Waals surface area contributed by atoms with E-state index in [0.717, 1.165) is 42.5 Å². The molecule has 174 valence electrons. The van der Waals surface area contributed by atoms with E-state index in [-0.39, 0.29) is 6.10 Å². The number of nitrogens with zero attached hydrogens (tertiary/aromatic N) is 3. The first kappa shape index (κ1) is 22.7. The summed E-state index contributed by atoms with van der Waals surface area (Å²) in [6.45, 7) is 9.59. The van der Waals surface area contributed by atoms with Gasteiger partial charge in [-0.2, -0.15) is 0 Å². The molecular formula is C26H33N5O2. The predicted octanol–water partition coefficient (Wildman–Crippen LogP) is 3.91. The average molecular weight is 448 g/mol. The van der Waals surface area contributed by atoms with Gasteiger partial charge >= 0.3 is 0 Å². The molecule has 0 amide bonds. The molecule has 33 heavy (non-hydrogen) atoms. The second kappa shape index (κ2) is 10.9. The van der Waals surface area contributed by atoms with Crippen LogP contribution in [0.2, 0.25) is 0 Å². The fraction of sp³-hybridized carbons (Fsp3) is 0.385. The van der Waals surface area contributed by atoms with Gasteiger partial charge in [0.2, 0.25) is 0 Å². The Labute approximate surface area is 195 Å². The summed E-state index contributed by atoms with van der Waals surface area (Å²) in [5.74, 6) is 2.64. The van der Waals surface area contributed by atoms with E-state index in [1.54, 1.807) is 6.20 Å². The number of benzene rings is 2. The highest BCUT2D eigenvalue weighted by molar-refractivity contribution is 5.79. The van der Waals surface area contributed by atoms with Gasteiger partial charge in [-0.05, 0) is 44.0 Å². The first-order valence-electron chi connectivity index (χ1n) is 11.7. The maximum Gasteiger partial charge on any atom is 0.191 e. The molecule has 0 saturated heterocycles. The maximum absolute atomic E-state index is 5.95. The fourth-order valence-corrected chi connectivity index (χ4v) is 4.02. The number of hydrogen-bond acceptors (Lipinski definition) is 4. The highest BCUT2D eigenvalue weighted by Crippen LogP contribution is 2.35. The van der Waals surface area contributed by atoms with Crippen molar-refractivity contribution in [1.29, 1.82) is 0 Å². The van der Waals surface area contributed by atoms with Crippen LogP contribution in [0.15, 0.2) is 60.1 Å². The Kier molecular flexibility index (Phi) is 7.50. The molecule has 7 heteroatoms. The molecule has 1 unspecified atom stereocenters. The van der Waals surface area contributed by atoms with E-state index in [1.807, 2.05) is 19.4 Å². The number of aliphatic imine (C=N–C) groups is 1. The van der Waals surface area contributed by atoms with Gasteiger partial charge in [-0.25, -0.2) is 9.98 Å². The summed E-state index contributed by atoms with van der Waals surface area (Å²) in [5, 5.41) is 6.79. The molecule has 7 nitrogen and oxygen atoms in total. The number of aromatic nitrogens is 2. The van der Waals surface area contributed by atoms with Crippen LogP contribution in [0.4, 0.5) is 0 Å². The van der Waals surface area contributed by atoms with Crippen LogP contribution in [-0.2, 0) is 26.1 Å². The summed E-state index contributed by atoms with van der Waals surface area (Å²) >= 11 is 0. The summed E-state index contributed by atoms with van der Waals surface area (Å²) in [7, 11) is 0. The summed E-state index contributed by atoms with van der Waals surface area (Å²) < 4.78 is 13.9. The van der Waals surface area contributed by atoms with Crippen molar-refractivity contribution in [3.05, 3.63) is 77.4 Å². The second-order valence-electron chi connectivity index (χ2n) is 8.24. The largest absolute Gasteiger partial charge is 0.494 e. The van der Waals surface area contributed by atoms with Crippen LogP contribution in [0.1, 0.15) is 43.0 Å². The van der Waals surface area contributed by atoms with Crippen molar-refractivity contribution in [1.82, 2.24) is 20.2 Å². The lowest BCUT2D eigenvalue weighted by Crippen LogP contribution is -2.36. The summed E-state index contributed by atoms with van der Waals surface area (Å²) in [5.41, 5.74) is 4.68. The van der Waals surface area contributed by atoms with Gasteiger partial charge in [-0.3, -0.25) is 0 Å². The van der Waals surface area contributed by atoms with Crippen molar-refractivity contribution in [3.63, 3.8) is 0 Å². The van der Waals surface area contributed by atoms with Gasteiger partial charge in [0.15, 0.2) is 5.96 Å². The van der Waals surface area contributed by atoms with E-state index in [1.165, 1.54) is 16.7 Å². The molecule has 0 aliphatic carbocycles. The van der Waals surface area contributed by atoms with Crippen LogP contribution in [0.25, 0.3) is 0 Å². The Hall–Kier alpha value is -3.48. The zero-order valence-electron chi connectivity index (χ0n) is 19.7. The molecule has 0 radical (unpaired) electrons. The number of hydrogen-bond donors (Lipinski definition) is 2. The highest BCUT2D eigenvalue weighted by Gasteiger charge is 2.21. The van der Waals surface area contributed by atoms with Gasteiger partial charge in [0.05, 0.1) is 19.5 Å². The van der Waals surface area contributed by atoms with Crippen LogP contribution in [0.3, 0.4) is 0 Å². The molecule has 1 atom stereocenters. The molecule has 2 aromatic carbocycles. The van der Waals surface area contributed by atoms with Crippen molar-refractivity contribution in [2.75, 3.05) is 13.2 Å². The summed E-state index contributed by atoms with van der Waals surface area (Å²) in [6.07, 6.45) is 6.74. The molecule has 1 aliphatic heterocycles. The molecular weight excluding hydrogens is 414 g/mol. The van der Waals surface area contributed by atoms with E-state index in [4.69, 9.17) is 14.5 Å². The summed E-state index contributed by atoms with van der Waals surface area (Å²) in [6, 6.07) is 12.7. The number of imidazole rings is 1. The van der Waals surface area contributed by atoms with Crippen molar-refractivity contribution >= 4 is 5.96 Å². The van der Waals surface area contributed by atoms with Crippen molar-refractivity contribution in [2.45, 2.75) is 52.9 Å². The fourth-order valence-electron chi connectivity index (χ4n) is 4.02. The first-order chi connectivity index (χ1) is 16.1. The van der Waals surface area contributed by atoms with E-state index >= 15 is 0 Å². The topological polar surface area (TPSA) is 72.7 Å². The lowest BCUT2D eigenvalue weighted by molar-refractivity contribution is 0.254. The van der Waals surface area contributed by atoms with E-state index < -0.39 is 0 Å². The van der Waals surface area contributed by atoms with Crippen LogP contribution in [0, 0.1) is 0 Å². The minimum Gasteiger partial charge on any atom is -0.494 e. The predicted molar refractivity (Wildman–Crippen MR) is 131 cm³/mol. The molecule has 1 aliphatic rings. The molecule has 3 aromatic rings. The quantitative estimate of drug-likeness (QED) is 0.384. The Morgan fingerprint density at radius 2 is 2.09 bits per heavy atom. The zero-order valence-corrected chi connectivity index (χ0v) is 19.7. The third kappa shape index (κ3) is 6.06. The maximum atomic E-state index is 5.95.